The van der Waals surface area contributed by atoms with E-state index in [0.29, 0.717) is 41.0 Å². The molecule has 1 amide bonds. The van der Waals surface area contributed by atoms with Gasteiger partial charge in [0.05, 0.1) is 23.1 Å². The van der Waals surface area contributed by atoms with Crippen molar-refractivity contribution < 1.29 is 19.0 Å². The second kappa shape index (κ2) is 8.60. The lowest BCUT2D eigenvalue weighted by molar-refractivity contribution is -0.117. The van der Waals surface area contributed by atoms with Crippen LogP contribution >= 0.6 is 11.6 Å². The number of hydrogen-bond donors (Lipinski definition) is 1. The topological polar surface area (TPSA) is 87.5 Å². The van der Waals surface area contributed by atoms with Crippen molar-refractivity contribution in [1.82, 2.24) is 14.8 Å². The van der Waals surface area contributed by atoms with Gasteiger partial charge in [0.1, 0.15) is 0 Å². The van der Waals surface area contributed by atoms with Gasteiger partial charge in [-0.2, -0.15) is 5.10 Å². The number of amides is 1. The molecule has 0 radical (unpaired) electrons. The summed E-state index contributed by atoms with van der Waals surface area (Å²) in [6, 6.07) is 5.62. The summed E-state index contributed by atoms with van der Waals surface area (Å²) in [4.78, 5) is 17.3. The normalized spacial score (nSPS) is 14.1. The van der Waals surface area contributed by atoms with E-state index in [1.807, 2.05) is 45.9 Å². The highest BCUT2D eigenvalue weighted by Gasteiger charge is 2.23. The summed E-state index contributed by atoms with van der Waals surface area (Å²) < 4.78 is 18.0. The van der Waals surface area contributed by atoms with Crippen molar-refractivity contribution in [3.8, 4) is 22.6 Å². The Kier molecular flexibility index (Phi) is 6.01. The first-order chi connectivity index (χ1) is 15.2. The third-order valence-corrected chi connectivity index (χ3v) is 5.53. The smallest absolute Gasteiger partial charge is 0.231 e. The van der Waals surface area contributed by atoms with Gasteiger partial charge in [0.15, 0.2) is 23.0 Å². The average Bonchev–Trinajstić information content (AvgIpc) is 3.32. The highest BCUT2D eigenvalue weighted by atomic mass is 35.5. The van der Waals surface area contributed by atoms with Crippen molar-refractivity contribution in [2.75, 3.05) is 19.2 Å². The first-order valence-electron chi connectivity index (χ1n) is 10.4. The zero-order chi connectivity index (χ0) is 23.0. The number of aromatic nitrogens is 3. The number of nitrogens with one attached hydrogen (secondary N) is 1. The Balaban J connectivity index is 1.77. The molecule has 3 aromatic rings. The standard InChI is InChI=1S/C23H27ClN4O4/c1-13(30-5)11-28-22-16(21(27-28)26-18(29)9-23(2,3)4)8-14(10-25-22)15-6-7-17-20(19(15)24)32-12-31-17/h6-8,10,13H,9,11-12H2,1-5H3,(H,26,27,29). The molecule has 4 rings (SSSR count). The van der Waals surface area contributed by atoms with Crippen LogP contribution < -0.4 is 14.8 Å². The minimum absolute atomic E-state index is 0.0685. The molecule has 0 saturated heterocycles. The Bertz CT molecular complexity index is 1170. The van der Waals surface area contributed by atoms with Gasteiger partial charge in [0, 0.05) is 30.9 Å². The van der Waals surface area contributed by atoms with Gasteiger partial charge in [0.25, 0.3) is 0 Å². The third-order valence-electron chi connectivity index (χ3n) is 5.16. The van der Waals surface area contributed by atoms with Crippen molar-refractivity contribution in [3.63, 3.8) is 0 Å². The minimum Gasteiger partial charge on any atom is -0.454 e. The molecule has 0 spiro atoms. The van der Waals surface area contributed by atoms with Crippen LogP contribution in [0.1, 0.15) is 34.1 Å². The first-order valence-corrected chi connectivity index (χ1v) is 10.8. The third kappa shape index (κ3) is 4.52. The van der Waals surface area contributed by atoms with Crippen LogP contribution in [-0.2, 0) is 16.1 Å². The molecule has 9 heteroatoms. The monoisotopic (exact) mass is 458 g/mol. The molecule has 1 aliphatic heterocycles. The van der Waals surface area contributed by atoms with E-state index < -0.39 is 0 Å². The number of carbonyl (C=O) groups excluding carboxylic acids is 1. The van der Waals surface area contributed by atoms with Crippen molar-refractivity contribution in [3.05, 3.63) is 29.4 Å². The van der Waals surface area contributed by atoms with Crippen molar-refractivity contribution >= 4 is 34.4 Å². The Hall–Kier alpha value is -2.84. The van der Waals surface area contributed by atoms with Gasteiger partial charge in [-0.05, 0) is 30.5 Å². The molecule has 2 aromatic heterocycles. The van der Waals surface area contributed by atoms with Crippen LogP contribution in [0.4, 0.5) is 5.82 Å². The van der Waals surface area contributed by atoms with E-state index in [0.717, 1.165) is 16.5 Å². The predicted molar refractivity (Wildman–Crippen MR) is 123 cm³/mol. The molecule has 1 atom stereocenters. The highest BCUT2D eigenvalue weighted by molar-refractivity contribution is 6.35. The fraction of sp³-hybridized carbons (Fsp3) is 0.435. The van der Waals surface area contributed by atoms with Crippen LogP contribution in [0.5, 0.6) is 11.5 Å². The number of anilines is 1. The number of fused-ring (bicyclic) bond motifs is 2. The maximum Gasteiger partial charge on any atom is 0.231 e. The van der Waals surface area contributed by atoms with Gasteiger partial charge in [-0.1, -0.05) is 32.4 Å². The summed E-state index contributed by atoms with van der Waals surface area (Å²) in [6.45, 7) is 8.65. The first kappa shape index (κ1) is 22.4. The number of carbonyl (C=O) groups is 1. The lowest BCUT2D eigenvalue weighted by Crippen LogP contribution is -2.20. The summed E-state index contributed by atoms with van der Waals surface area (Å²) in [5.41, 5.74) is 2.05. The van der Waals surface area contributed by atoms with E-state index in [1.54, 1.807) is 18.0 Å². The van der Waals surface area contributed by atoms with E-state index in [9.17, 15) is 4.79 Å². The number of hydrogen-bond acceptors (Lipinski definition) is 6. The number of ether oxygens (including phenoxy) is 3. The van der Waals surface area contributed by atoms with E-state index in [2.05, 4.69) is 15.4 Å². The largest absolute Gasteiger partial charge is 0.454 e. The number of methoxy groups -OCH3 is 1. The molecule has 1 aliphatic rings. The number of pyridine rings is 1. The lowest BCUT2D eigenvalue weighted by Gasteiger charge is -2.16. The summed E-state index contributed by atoms with van der Waals surface area (Å²) in [5, 5.41) is 8.77. The summed E-state index contributed by atoms with van der Waals surface area (Å²) in [7, 11) is 1.65. The van der Waals surface area contributed by atoms with E-state index in [1.165, 1.54) is 0 Å². The number of rotatable bonds is 6. The van der Waals surface area contributed by atoms with E-state index >= 15 is 0 Å². The molecular formula is C23H27ClN4O4. The fourth-order valence-corrected chi connectivity index (χ4v) is 3.88. The Morgan fingerprint density at radius 3 is 2.84 bits per heavy atom. The highest BCUT2D eigenvalue weighted by Crippen LogP contribution is 2.44. The summed E-state index contributed by atoms with van der Waals surface area (Å²) >= 11 is 6.59. The predicted octanol–water partition coefficient (Wildman–Crippen LogP) is 4.89. The van der Waals surface area contributed by atoms with Gasteiger partial charge in [-0.3, -0.25) is 4.79 Å². The zero-order valence-electron chi connectivity index (χ0n) is 18.9. The summed E-state index contributed by atoms with van der Waals surface area (Å²) in [6.07, 6.45) is 2.04. The Morgan fingerprint density at radius 1 is 1.34 bits per heavy atom. The van der Waals surface area contributed by atoms with Crippen LogP contribution in [0, 0.1) is 5.41 Å². The number of nitrogens with zero attached hydrogens (tertiary/aromatic N) is 3. The van der Waals surface area contributed by atoms with Gasteiger partial charge >= 0.3 is 0 Å². The molecule has 1 aromatic carbocycles. The van der Waals surface area contributed by atoms with Gasteiger partial charge < -0.3 is 19.5 Å². The van der Waals surface area contributed by atoms with Gasteiger partial charge in [-0.25, -0.2) is 9.67 Å². The van der Waals surface area contributed by atoms with Crippen molar-refractivity contribution in [2.45, 2.75) is 46.8 Å². The van der Waals surface area contributed by atoms with Crippen LogP contribution in [0.2, 0.25) is 5.02 Å². The van der Waals surface area contributed by atoms with Crippen molar-refractivity contribution in [1.29, 1.82) is 0 Å². The second-order valence-corrected chi connectivity index (χ2v) is 9.50. The van der Waals surface area contributed by atoms with Gasteiger partial charge in [-0.15, -0.1) is 0 Å². The van der Waals surface area contributed by atoms with E-state index in [4.69, 9.17) is 25.8 Å². The minimum atomic E-state index is -0.142. The molecular weight excluding hydrogens is 432 g/mol. The quantitative estimate of drug-likeness (QED) is 0.565. The lowest BCUT2D eigenvalue weighted by atomic mass is 9.92. The zero-order valence-corrected chi connectivity index (χ0v) is 19.6. The SMILES string of the molecule is COC(C)Cn1nc(NC(=O)CC(C)(C)C)c2cc(-c3ccc4c(c3Cl)OCO4)cnc21. The van der Waals surface area contributed by atoms with Crippen LogP contribution in [0.25, 0.3) is 22.2 Å². The molecule has 0 bridgehead atoms. The molecule has 0 aliphatic carbocycles. The fourth-order valence-electron chi connectivity index (χ4n) is 3.56. The molecule has 8 nitrogen and oxygen atoms in total. The molecule has 0 saturated carbocycles. The summed E-state index contributed by atoms with van der Waals surface area (Å²) in [5.74, 6) is 1.50. The maximum atomic E-state index is 12.6. The van der Waals surface area contributed by atoms with E-state index in [-0.39, 0.29) is 24.2 Å². The number of benzene rings is 1. The van der Waals surface area contributed by atoms with Gasteiger partial charge in [0.2, 0.25) is 12.7 Å². The molecule has 1 unspecified atom stereocenters. The number of halogens is 1. The van der Waals surface area contributed by atoms with Crippen molar-refractivity contribution in [2.24, 2.45) is 5.41 Å². The Labute approximate surface area is 191 Å². The Morgan fingerprint density at radius 2 is 2.12 bits per heavy atom. The second-order valence-electron chi connectivity index (χ2n) is 9.12. The van der Waals surface area contributed by atoms with Crippen LogP contribution in [-0.4, -0.2) is 40.7 Å². The van der Waals surface area contributed by atoms with Crippen LogP contribution in [0.15, 0.2) is 24.4 Å². The molecule has 3 heterocycles. The molecule has 170 valence electrons. The van der Waals surface area contributed by atoms with Crippen LogP contribution in [0.3, 0.4) is 0 Å². The maximum absolute atomic E-state index is 12.6. The molecule has 0 fully saturated rings. The average molecular weight is 459 g/mol. The molecule has 1 N–H and O–H groups in total. The molecule has 32 heavy (non-hydrogen) atoms.